The third-order valence-corrected chi connectivity index (χ3v) is 11.2. The first-order valence-corrected chi connectivity index (χ1v) is 19.2. The van der Waals surface area contributed by atoms with Crippen molar-refractivity contribution in [3.05, 3.63) is 218 Å². The normalized spacial score (nSPS) is 11.4. The first kappa shape index (κ1) is 33.5. The van der Waals surface area contributed by atoms with Crippen LogP contribution in [0.4, 0.5) is 4.39 Å². The van der Waals surface area contributed by atoms with Gasteiger partial charge in [-0.1, -0.05) is 188 Å². The summed E-state index contributed by atoms with van der Waals surface area (Å²) in [5.74, 6) is -0.239. The van der Waals surface area contributed by atoms with Gasteiger partial charge < -0.3 is 0 Å². The minimum absolute atomic E-state index is 0.239. The molecule has 0 unspecified atom stereocenters. The van der Waals surface area contributed by atoms with E-state index in [1.807, 2.05) is 12.1 Å². The lowest BCUT2D eigenvalue weighted by Gasteiger charge is -2.25. The molecule has 10 aromatic carbocycles. The smallest absolute Gasteiger partial charge is 0.123 e. The summed E-state index contributed by atoms with van der Waals surface area (Å²) in [5, 5.41) is 7.21. The fourth-order valence-electron chi connectivity index (χ4n) is 8.63. The third kappa shape index (κ3) is 5.77. The van der Waals surface area contributed by atoms with Crippen LogP contribution in [0.3, 0.4) is 0 Å². The number of hydrogen-bond acceptors (Lipinski definition) is 0. The van der Waals surface area contributed by atoms with Crippen LogP contribution in [0.15, 0.2) is 206 Å². The lowest BCUT2D eigenvalue weighted by Crippen LogP contribution is -1.98. The molecule has 0 aliphatic rings. The van der Waals surface area contributed by atoms with Crippen LogP contribution in [-0.4, -0.2) is 0 Å². The molecule has 0 aliphatic heterocycles. The Kier molecular flexibility index (Phi) is 8.34. The Bertz CT molecular complexity index is 2840. The SMILES string of the molecule is Cc1ccc(-c2cccc(-c3c4ccccc4c(-c4cccc(-c5ccc(F)cc5)c4)c4c(-c5ccccc5)c5ccccc5c(-c5ccccc5)c34)c2)cc1. The number of rotatable bonds is 6. The molecule has 0 nitrogen and oxygen atoms in total. The third-order valence-electron chi connectivity index (χ3n) is 11.2. The maximum Gasteiger partial charge on any atom is 0.123 e. The van der Waals surface area contributed by atoms with Crippen LogP contribution in [0.2, 0.25) is 0 Å². The van der Waals surface area contributed by atoms with Crippen molar-refractivity contribution < 1.29 is 4.39 Å². The minimum Gasteiger partial charge on any atom is -0.207 e. The van der Waals surface area contributed by atoms with Crippen molar-refractivity contribution in [2.75, 3.05) is 0 Å². The number of fused-ring (bicyclic) bond motifs is 3. The Morgan fingerprint density at radius 3 is 1.00 bits per heavy atom. The summed E-state index contributed by atoms with van der Waals surface area (Å²) in [4.78, 5) is 0. The molecule has 0 saturated carbocycles. The lowest BCUT2D eigenvalue weighted by molar-refractivity contribution is 0.628. The fourth-order valence-corrected chi connectivity index (χ4v) is 8.63. The van der Waals surface area contributed by atoms with Gasteiger partial charge in [0.25, 0.3) is 0 Å². The summed E-state index contributed by atoms with van der Waals surface area (Å²) in [6, 6.07) is 73.0. The van der Waals surface area contributed by atoms with Crippen molar-refractivity contribution in [3.8, 4) is 66.8 Å². The largest absolute Gasteiger partial charge is 0.207 e. The highest BCUT2D eigenvalue weighted by Crippen LogP contribution is 2.54. The van der Waals surface area contributed by atoms with E-state index in [4.69, 9.17) is 0 Å². The molecule has 10 aromatic rings. The van der Waals surface area contributed by atoms with Crippen molar-refractivity contribution in [1.29, 1.82) is 0 Å². The van der Waals surface area contributed by atoms with Gasteiger partial charge in [-0.15, -0.1) is 0 Å². The molecule has 0 saturated heterocycles. The van der Waals surface area contributed by atoms with Crippen LogP contribution >= 0.6 is 0 Å². The second-order valence-electron chi connectivity index (χ2n) is 14.6. The van der Waals surface area contributed by atoms with E-state index in [0.717, 1.165) is 16.7 Å². The van der Waals surface area contributed by atoms with E-state index < -0.39 is 0 Å². The molecule has 264 valence electrons. The second kappa shape index (κ2) is 14.0. The van der Waals surface area contributed by atoms with Crippen molar-refractivity contribution in [3.63, 3.8) is 0 Å². The quantitative estimate of drug-likeness (QED) is 0.150. The summed E-state index contributed by atoms with van der Waals surface area (Å²) in [5.41, 5.74) is 15.1. The van der Waals surface area contributed by atoms with Gasteiger partial charge >= 0.3 is 0 Å². The topological polar surface area (TPSA) is 0 Å². The van der Waals surface area contributed by atoms with Crippen molar-refractivity contribution in [2.45, 2.75) is 6.92 Å². The molecule has 0 amide bonds. The summed E-state index contributed by atoms with van der Waals surface area (Å²) >= 11 is 0. The van der Waals surface area contributed by atoms with Crippen LogP contribution in [0, 0.1) is 12.7 Å². The van der Waals surface area contributed by atoms with E-state index in [-0.39, 0.29) is 5.82 Å². The van der Waals surface area contributed by atoms with Gasteiger partial charge in [0.2, 0.25) is 0 Å². The number of hydrogen-bond donors (Lipinski definition) is 0. The van der Waals surface area contributed by atoms with Gasteiger partial charge in [-0.05, 0) is 130 Å². The van der Waals surface area contributed by atoms with E-state index in [9.17, 15) is 4.39 Å². The molecular weight excluding hydrogens is 680 g/mol. The first-order valence-electron chi connectivity index (χ1n) is 19.2. The highest BCUT2D eigenvalue weighted by Gasteiger charge is 2.26. The Balaban J connectivity index is 1.45. The maximum atomic E-state index is 14.1. The van der Waals surface area contributed by atoms with E-state index in [0.29, 0.717) is 0 Å². The Hall–Kier alpha value is -7.09. The van der Waals surface area contributed by atoms with Crippen LogP contribution in [0.25, 0.3) is 99.1 Å². The molecule has 0 N–H and O–H groups in total. The van der Waals surface area contributed by atoms with Gasteiger partial charge in [0.05, 0.1) is 0 Å². The summed E-state index contributed by atoms with van der Waals surface area (Å²) in [6.07, 6.45) is 0. The average Bonchev–Trinajstić information content (AvgIpc) is 3.26. The molecular formula is C55H37F. The standard InChI is InChI=1S/C55H37F/c1-36-26-28-37(29-27-36)41-18-12-20-43(34-41)52-48-24-10-11-25-49(48)53(44-21-13-19-42(35-44)38-30-32-45(56)33-31-38)55-51(40-16-6-3-7-17-40)47-23-9-8-22-46(47)50(54(52)55)39-14-4-2-5-15-39/h2-35H,1H3. The molecule has 0 fully saturated rings. The molecule has 0 heterocycles. The summed E-state index contributed by atoms with van der Waals surface area (Å²) < 4.78 is 14.1. The van der Waals surface area contributed by atoms with Crippen molar-refractivity contribution in [1.82, 2.24) is 0 Å². The fraction of sp³-hybridized carbons (Fsp3) is 0.0182. The zero-order valence-corrected chi connectivity index (χ0v) is 31.0. The van der Waals surface area contributed by atoms with Gasteiger partial charge in [0, 0.05) is 0 Å². The van der Waals surface area contributed by atoms with Gasteiger partial charge in [-0.3, -0.25) is 0 Å². The molecule has 10 rings (SSSR count). The zero-order valence-electron chi connectivity index (χ0n) is 31.0. The van der Waals surface area contributed by atoms with Crippen LogP contribution < -0.4 is 0 Å². The molecule has 0 radical (unpaired) electrons. The Morgan fingerprint density at radius 2 is 0.589 bits per heavy atom. The average molecular weight is 717 g/mol. The highest BCUT2D eigenvalue weighted by atomic mass is 19.1. The van der Waals surface area contributed by atoms with Crippen LogP contribution in [0.5, 0.6) is 0 Å². The van der Waals surface area contributed by atoms with Crippen LogP contribution in [-0.2, 0) is 0 Å². The maximum absolute atomic E-state index is 14.1. The van der Waals surface area contributed by atoms with Crippen molar-refractivity contribution >= 4 is 32.3 Å². The van der Waals surface area contributed by atoms with Gasteiger partial charge in [0.1, 0.15) is 5.82 Å². The predicted octanol–water partition coefficient (Wildman–Crippen LogP) is 15.6. The Morgan fingerprint density at radius 1 is 0.268 bits per heavy atom. The Labute approximate surface area is 326 Å². The van der Waals surface area contributed by atoms with E-state index in [1.54, 1.807) is 0 Å². The monoisotopic (exact) mass is 716 g/mol. The second-order valence-corrected chi connectivity index (χ2v) is 14.6. The molecule has 0 aromatic heterocycles. The predicted molar refractivity (Wildman–Crippen MR) is 236 cm³/mol. The van der Waals surface area contributed by atoms with E-state index >= 15 is 0 Å². The van der Waals surface area contributed by atoms with Gasteiger partial charge in [-0.25, -0.2) is 4.39 Å². The molecule has 0 atom stereocenters. The van der Waals surface area contributed by atoms with Gasteiger partial charge in [0.15, 0.2) is 0 Å². The summed E-state index contributed by atoms with van der Waals surface area (Å²) in [7, 11) is 0. The first-order chi connectivity index (χ1) is 27.6. The van der Waals surface area contributed by atoms with Crippen LogP contribution in [0.1, 0.15) is 5.56 Å². The summed E-state index contributed by atoms with van der Waals surface area (Å²) in [6.45, 7) is 2.13. The van der Waals surface area contributed by atoms with E-state index in [1.165, 1.54) is 100 Å². The zero-order chi connectivity index (χ0) is 37.6. The van der Waals surface area contributed by atoms with Crippen molar-refractivity contribution in [2.24, 2.45) is 0 Å². The lowest BCUT2D eigenvalue weighted by atomic mass is 9.77. The number of benzene rings is 10. The molecule has 0 spiro atoms. The molecule has 1 heteroatoms. The molecule has 0 bridgehead atoms. The number of halogens is 1. The number of aryl methyl sites for hydroxylation is 1. The van der Waals surface area contributed by atoms with E-state index in [2.05, 4.69) is 189 Å². The molecule has 0 aliphatic carbocycles. The van der Waals surface area contributed by atoms with Gasteiger partial charge in [-0.2, -0.15) is 0 Å². The minimum atomic E-state index is -0.239. The highest BCUT2D eigenvalue weighted by molar-refractivity contribution is 6.34. The molecule has 56 heavy (non-hydrogen) atoms.